The third-order valence-corrected chi connectivity index (χ3v) is 9.45. The van der Waals surface area contributed by atoms with Crippen LogP contribution in [-0.4, -0.2) is 4.98 Å². The molecule has 0 unspecified atom stereocenters. The number of aromatic nitrogens is 1. The molecule has 10 rings (SSSR count). The number of furan rings is 1. The van der Waals surface area contributed by atoms with Crippen molar-refractivity contribution in [3.63, 3.8) is 0 Å². The van der Waals surface area contributed by atoms with Crippen LogP contribution in [-0.2, 0) is 0 Å². The van der Waals surface area contributed by atoms with E-state index in [-0.39, 0.29) is 0 Å². The van der Waals surface area contributed by atoms with Crippen LogP contribution in [0, 0.1) is 0 Å². The van der Waals surface area contributed by atoms with E-state index in [1.807, 2.05) is 48.5 Å². The minimum Gasteiger partial charge on any atom is -0.456 e. The topological polar surface area (TPSA) is 42.4 Å². The van der Waals surface area contributed by atoms with Crippen LogP contribution in [0.25, 0.3) is 77.2 Å². The lowest BCUT2D eigenvalue weighted by Gasteiger charge is -2.26. The molecule has 0 radical (unpaired) electrons. The smallest absolute Gasteiger partial charge is 0.227 e. The van der Waals surface area contributed by atoms with Crippen molar-refractivity contribution >= 4 is 71.6 Å². The van der Waals surface area contributed by atoms with Crippen LogP contribution in [0.4, 0.5) is 17.1 Å². The maximum atomic E-state index is 6.30. The molecule has 0 saturated carbocycles. The summed E-state index contributed by atoms with van der Waals surface area (Å²) in [7, 11) is 0. The summed E-state index contributed by atoms with van der Waals surface area (Å²) >= 11 is 0. The third kappa shape index (κ3) is 4.57. The highest BCUT2D eigenvalue weighted by molar-refractivity contribution is 6.19. The maximum absolute atomic E-state index is 6.30. The number of hydrogen-bond acceptors (Lipinski definition) is 4. The molecule has 0 aliphatic heterocycles. The molecule has 0 N–H and O–H groups in total. The van der Waals surface area contributed by atoms with Gasteiger partial charge in [-0.15, -0.1) is 0 Å². The highest BCUT2D eigenvalue weighted by Crippen LogP contribution is 2.41. The van der Waals surface area contributed by atoms with Crippen molar-refractivity contribution in [3.8, 4) is 22.6 Å². The summed E-state index contributed by atoms with van der Waals surface area (Å²) in [5, 5.41) is 6.75. The van der Waals surface area contributed by atoms with Gasteiger partial charge in [-0.3, -0.25) is 0 Å². The Morgan fingerprint density at radius 1 is 0.388 bits per heavy atom. The lowest BCUT2D eigenvalue weighted by molar-refractivity contribution is 0.620. The Morgan fingerprint density at radius 2 is 1.06 bits per heavy atom. The molecular weight excluding hydrogens is 601 g/mol. The van der Waals surface area contributed by atoms with Crippen LogP contribution < -0.4 is 4.90 Å². The monoisotopic (exact) mass is 628 g/mol. The Labute approximate surface area is 282 Å². The van der Waals surface area contributed by atoms with Gasteiger partial charge in [0.1, 0.15) is 16.7 Å². The van der Waals surface area contributed by atoms with Crippen molar-refractivity contribution in [2.24, 2.45) is 0 Å². The second-order valence-electron chi connectivity index (χ2n) is 12.4. The molecule has 0 aliphatic carbocycles. The lowest BCUT2D eigenvalue weighted by Crippen LogP contribution is -2.09. The molecule has 0 aliphatic rings. The fourth-order valence-electron chi connectivity index (χ4n) is 7.11. The van der Waals surface area contributed by atoms with Gasteiger partial charge in [0.25, 0.3) is 0 Å². The Hall–Kier alpha value is -6.65. The second-order valence-corrected chi connectivity index (χ2v) is 12.4. The molecule has 230 valence electrons. The minimum atomic E-state index is 0.625. The van der Waals surface area contributed by atoms with E-state index in [1.165, 1.54) is 0 Å². The first-order valence-electron chi connectivity index (χ1n) is 16.5. The van der Waals surface area contributed by atoms with Crippen molar-refractivity contribution in [2.75, 3.05) is 4.90 Å². The number of benzene rings is 8. The Morgan fingerprint density at radius 3 is 1.96 bits per heavy atom. The first kappa shape index (κ1) is 27.5. The van der Waals surface area contributed by atoms with Gasteiger partial charge in [0.05, 0.1) is 0 Å². The summed E-state index contributed by atoms with van der Waals surface area (Å²) in [6, 6.07) is 59.2. The van der Waals surface area contributed by atoms with Gasteiger partial charge in [-0.2, -0.15) is 0 Å². The van der Waals surface area contributed by atoms with E-state index in [9.17, 15) is 0 Å². The van der Waals surface area contributed by atoms with Gasteiger partial charge in [0.2, 0.25) is 5.89 Å². The van der Waals surface area contributed by atoms with Gasteiger partial charge in [0.15, 0.2) is 5.58 Å². The van der Waals surface area contributed by atoms with E-state index in [1.54, 1.807) is 0 Å². The largest absolute Gasteiger partial charge is 0.456 e. The predicted octanol–water partition coefficient (Wildman–Crippen LogP) is 12.8. The molecule has 0 saturated heterocycles. The molecule has 8 aromatic carbocycles. The number of nitrogens with zero attached hydrogens (tertiary/aromatic N) is 2. The SMILES string of the molecule is c1ccc(-c2nc3c(ccc4ccc5ccc(N(c6ccccc6)c6cccc(-c7ccc8c(c7)oc7ccccc78)c6)cc5c43)o2)cc1. The van der Waals surface area contributed by atoms with Gasteiger partial charge >= 0.3 is 0 Å². The van der Waals surface area contributed by atoms with Crippen molar-refractivity contribution < 1.29 is 8.83 Å². The highest BCUT2D eigenvalue weighted by atomic mass is 16.3. The molecule has 0 bridgehead atoms. The fourth-order valence-corrected chi connectivity index (χ4v) is 7.11. The van der Waals surface area contributed by atoms with Gasteiger partial charge < -0.3 is 13.7 Å². The van der Waals surface area contributed by atoms with Crippen molar-refractivity contribution in [2.45, 2.75) is 0 Å². The molecule has 2 aromatic heterocycles. The standard InChI is InChI=1S/C45H28N2O2/c1-3-10-31(11-4-1)45-46-44-41(49-45)25-22-30-19-18-29-20-23-36(28-39(29)43(30)44)47(34-13-5-2-6-14-34)35-15-9-12-32(26-35)33-21-24-38-37-16-7-8-17-40(37)48-42(38)27-33/h1-28H. The predicted molar refractivity (Wildman–Crippen MR) is 202 cm³/mol. The van der Waals surface area contributed by atoms with Crippen molar-refractivity contribution in [1.29, 1.82) is 0 Å². The van der Waals surface area contributed by atoms with Gasteiger partial charge in [-0.25, -0.2) is 4.98 Å². The summed E-state index contributed by atoms with van der Waals surface area (Å²) in [6.07, 6.45) is 0. The highest BCUT2D eigenvalue weighted by Gasteiger charge is 2.18. The molecule has 0 spiro atoms. The molecular formula is C45H28N2O2. The van der Waals surface area contributed by atoms with Crippen LogP contribution in [0.5, 0.6) is 0 Å². The zero-order chi connectivity index (χ0) is 32.3. The first-order valence-corrected chi connectivity index (χ1v) is 16.5. The number of fused-ring (bicyclic) bond motifs is 8. The van der Waals surface area contributed by atoms with Gasteiger partial charge in [-0.05, 0) is 100 Å². The summed E-state index contributed by atoms with van der Waals surface area (Å²) in [6.45, 7) is 0. The van der Waals surface area contributed by atoms with Crippen LogP contribution in [0.2, 0.25) is 0 Å². The second kappa shape index (κ2) is 11.0. The van der Waals surface area contributed by atoms with E-state index in [0.717, 1.165) is 88.3 Å². The first-order chi connectivity index (χ1) is 24.3. The van der Waals surface area contributed by atoms with Crippen LogP contribution in [0.15, 0.2) is 179 Å². The van der Waals surface area contributed by atoms with E-state index in [2.05, 4.69) is 126 Å². The Bertz CT molecular complexity index is 2830. The lowest BCUT2D eigenvalue weighted by atomic mass is 9.99. The minimum absolute atomic E-state index is 0.625. The number of para-hydroxylation sites is 2. The van der Waals surface area contributed by atoms with E-state index in [0.29, 0.717) is 5.89 Å². The number of rotatable bonds is 5. The quantitative estimate of drug-likeness (QED) is 0.178. The zero-order valence-electron chi connectivity index (χ0n) is 26.4. The molecule has 49 heavy (non-hydrogen) atoms. The van der Waals surface area contributed by atoms with Crippen molar-refractivity contribution in [3.05, 3.63) is 170 Å². The summed E-state index contributed by atoms with van der Waals surface area (Å²) in [5.41, 5.74) is 9.81. The summed E-state index contributed by atoms with van der Waals surface area (Å²) in [4.78, 5) is 7.36. The van der Waals surface area contributed by atoms with Crippen molar-refractivity contribution in [1.82, 2.24) is 4.98 Å². The van der Waals surface area contributed by atoms with E-state index in [4.69, 9.17) is 13.8 Å². The molecule has 2 heterocycles. The number of hydrogen-bond donors (Lipinski definition) is 0. The normalized spacial score (nSPS) is 11.7. The zero-order valence-corrected chi connectivity index (χ0v) is 26.4. The molecule has 0 amide bonds. The molecule has 4 nitrogen and oxygen atoms in total. The molecule has 0 fully saturated rings. The Balaban J connectivity index is 1.14. The van der Waals surface area contributed by atoms with Crippen LogP contribution >= 0.6 is 0 Å². The number of oxazole rings is 1. The van der Waals surface area contributed by atoms with Gasteiger partial charge in [0, 0.05) is 38.8 Å². The fraction of sp³-hybridized carbons (Fsp3) is 0. The molecule has 0 atom stereocenters. The van der Waals surface area contributed by atoms with E-state index >= 15 is 0 Å². The molecule has 10 aromatic rings. The summed E-state index contributed by atoms with van der Waals surface area (Å²) < 4.78 is 12.5. The average Bonchev–Trinajstić information content (AvgIpc) is 3.77. The maximum Gasteiger partial charge on any atom is 0.227 e. The summed E-state index contributed by atoms with van der Waals surface area (Å²) in [5.74, 6) is 0.625. The average molecular weight is 629 g/mol. The third-order valence-electron chi connectivity index (χ3n) is 9.45. The van der Waals surface area contributed by atoms with Gasteiger partial charge in [-0.1, -0.05) is 97.1 Å². The van der Waals surface area contributed by atoms with Crippen LogP contribution in [0.3, 0.4) is 0 Å². The van der Waals surface area contributed by atoms with E-state index < -0.39 is 0 Å². The number of anilines is 3. The van der Waals surface area contributed by atoms with Crippen LogP contribution in [0.1, 0.15) is 0 Å². The Kier molecular flexibility index (Phi) is 6.15. The molecule has 4 heteroatoms.